The Balaban J connectivity index is 1.56. The molecule has 0 N–H and O–H groups in total. The second-order valence-corrected chi connectivity index (χ2v) is 9.02. The van der Waals surface area contributed by atoms with Crippen LogP contribution in [0.3, 0.4) is 0 Å². The number of carbonyl (C=O) groups is 2. The molecule has 0 aromatic heterocycles. The molecule has 2 heterocycles. The van der Waals surface area contributed by atoms with Crippen molar-refractivity contribution in [2.75, 3.05) is 37.8 Å². The van der Waals surface area contributed by atoms with Crippen LogP contribution < -0.4 is 5.01 Å². The number of rotatable bonds is 4. The zero-order valence-corrected chi connectivity index (χ0v) is 20.3. The highest BCUT2D eigenvalue weighted by Crippen LogP contribution is 2.40. The molecule has 0 radical (unpaired) electrons. The van der Waals surface area contributed by atoms with Crippen LogP contribution in [0.15, 0.2) is 47.6 Å². The monoisotopic (exact) mass is 508 g/mol. The highest BCUT2D eigenvalue weighted by molar-refractivity contribution is 6.40. The molecule has 2 aliphatic heterocycles. The van der Waals surface area contributed by atoms with Crippen LogP contribution in [-0.2, 0) is 9.53 Å². The highest BCUT2D eigenvalue weighted by Gasteiger charge is 2.36. The Labute approximate surface area is 207 Å². The lowest BCUT2D eigenvalue weighted by molar-refractivity contribution is -0.125. The summed E-state index contributed by atoms with van der Waals surface area (Å²) in [5.41, 5.74) is 2.06. The standard InChI is InChI=1S/C23H23Cl3N4O3/c1-2-33-23(32)29-11-9-28(10-12-29)22(31)19-14-21(15-3-5-16(24)6-4-15)30(27-19)20-8-7-17(25)13-18(20)26/h3-8,13,21H,2,9-12,14H2,1H3. The molecule has 2 aromatic rings. The van der Waals surface area contributed by atoms with Crippen LogP contribution in [0.5, 0.6) is 0 Å². The largest absolute Gasteiger partial charge is 0.450 e. The number of nitrogens with zero attached hydrogens (tertiary/aromatic N) is 4. The van der Waals surface area contributed by atoms with Crippen molar-refractivity contribution < 1.29 is 14.3 Å². The number of anilines is 1. The molecular formula is C23H23Cl3N4O3. The van der Waals surface area contributed by atoms with E-state index < -0.39 is 0 Å². The minimum Gasteiger partial charge on any atom is -0.450 e. The Morgan fingerprint density at radius 3 is 2.24 bits per heavy atom. The van der Waals surface area contributed by atoms with E-state index in [1.165, 1.54) is 0 Å². The summed E-state index contributed by atoms with van der Waals surface area (Å²) in [5, 5.41) is 8.04. The Morgan fingerprint density at radius 2 is 1.61 bits per heavy atom. The first-order valence-electron chi connectivity index (χ1n) is 10.7. The normalized spacial score (nSPS) is 18.4. The summed E-state index contributed by atoms with van der Waals surface area (Å²) in [7, 11) is 0. The van der Waals surface area contributed by atoms with E-state index in [0.29, 0.717) is 65.7 Å². The molecule has 174 valence electrons. The van der Waals surface area contributed by atoms with Crippen LogP contribution in [-0.4, -0.2) is 60.3 Å². The van der Waals surface area contributed by atoms with Crippen molar-refractivity contribution in [3.8, 4) is 0 Å². The van der Waals surface area contributed by atoms with Crippen molar-refractivity contribution in [3.05, 3.63) is 63.1 Å². The second-order valence-electron chi connectivity index (χ2n) is 7.74. The second kappa shape index (κ2) is 10.2. The molecule has 1 saturated heterocycles. The topological polar surface area (TPSA) is 65.5 Å². The van der Waals surface area contributed by atoms with Gasteiger partial charge in [0, 0.05) is 42.6 Å². The van der Waals surface area contributed by atoms with Crippen LogP contribution in [0.25, 0.3) is 0 Å². The molecular weight excluding hydrogens is 487 g/mol. The molecule has 2 amide bonds. The zero-order valence-electron chi connectivity index (χ0n) is 18.0. The summed E-state index contributed by atoms with van der Waals surface area (Å²) in [4.78, 5) is 28.6. The van der Waals surface area contributed by atoms with E-state index >= 15 is 0 Å². The van der Waals surface area contributed by atoms with Gasteiger partial charge in [-0.25, -0.2) is 4.79 Å². The molecule has 0 aliphatic carbocycles. The summed E-state index contributed by atoms with van der Waals surface area (Å²) in [6.45, 7) is 3.78. The van der Waals surface area contributed by atoms with Crippen LogP contribution in [0.2, 0.25) is 15.1 Å². The molecule has 0 bridgehead atoms. The smallest absolute Gasteiger partial charge is 0.409 e. The van der Waals surface area contributed by atoms with E-state index in [4.69, 9.17) is 39.5 Å². The van der Waals surface area contributed by atoms with E-state index in [2.05, 4.69) is 5.10 Å². The van der Waals surface area contributed by atoms with Crippen molar-refractivity contribution >= 4 is 58.2 Å². The van der Waals surface area contributed by atoms with Gasteiger partial charge in [0.2, 0.25) is 0 Å². The number of piperazine rings is 1. The number of benzene rings is 2. The summed E-state index contributed by atoms with van der Waals surface area (Å²) >= 11 is 18.6. The molecule has 1 unspecified atom stereocenters. The molecule has 10 heteroatoms. The van der Waals surface area contributed by atoms with E-state index in [1.54, 1.807) is 39.9 Å². The minimum atomic E-state index is -0.353. The molecule has 33 heavy (non-hydrogen) atoms. The molecule has 1 fully saturated rings. The summed E-state index contributed by atoms with van der Waals surface area (Å²) in [6, 6.07) is 12.4. The summed E-state index contributed by atoms with van der Waals surface area (Å²) < 4.78 is 5.05. The van der Waals surface area contributed by atoms with Crippen molar-refractivity contribution in [1.29, 1.82) is 0 Å². The number of amides is 2. The molecule has 1 atom stereocenters. The zero-order chi connectivity index (χ0) is 23.5. The van der Waals surface area contributed by atoms with E-state index in [1.807, 2.05) is 24.3 Å². The van der Waals surface area contributed by atoms with Gasteiger partial charge in [-0.15, -0.1) is 0 Å². The van der Waals surface area contributed by atoms with E-state index in [-0.39, 0.29) is 18.0 Å². The fourth-order valence-corrected chi connectivity index (χ4v) is 4.58. The number of hydrogen-bond acceptors (Lipinski definition) is 5. The third kappa shape index (κ3) is 5.21. The van der Waals surface area contributed by atoms with Crippen molar-refractivity contribution in [3.63, 3.8) is 0 Å². The lowest BCUT2D eigenvalue weighted by atomic mass is 10.0. The molecule has 4 rings (SSSR count). The average Bonchev–Trinajstić information content (AvgIpc) is 3.24. The van der Waals surface area contributed by atoms with Gasteiger partial charge in [0.05, 0.1) is 23.4 Å². The first-order valence-corrected chi connectivity index (χ1v) is 11.8. The maximum absolute atomic E-state index is 13.3. The molecule has 2 aliphatic rings. The SMILES string of the molecule is CCOC(=O)N1CCN(C(=O)C2=NN(c3ccc(Cl)cc3Cl)C(c3ccc(Cl)cc3)C2)CC1. The summed E-state index contributed by atoms with van der Waals surface area (Å²) in [5.74, 6) is -0.148. The van der Waals surface area contributed by atoms with Crippen molar-refractivity contribution in [1.82, 2.24) is 9.80 Å². The molecule has 0 spiro atoms. The Hall–Kier alpha value is -2.48. The van der Waals surface area contributed by atoms with Crippen LogP contribution in [0, 0.1) is 0 Å². The first kappa shape index (κ1) is 23.7. The van der Waals surface area contributed by atoms with Crippen LogP contribution in [0.1, 0.15) is 24.9 Å². The number of ether oxygens (including phenoxy) is 1. The van der Waals surface area contributed by atoms with Gasteiger partial charge in [-0.3, -0.25) is 9.80 Å². The number of carbonyl (C=O) groups excluding carboxylic acids is 2. The fourth-order valence-electron chi connectivity index (χ4n) is 3.96. The van der Waals surface area contributed by atoms with E-state index in [0.717, 1.165) is 5.56 Å². The van der Waals surface area contributed by atoms with Crippen molar-refractivity contribution in [2.24, 2.45) is 5.10 Å². The molecule has 0 saturated carbocycles. The third-order valence-electron chi connectivity index (χ3n) is 5.66. The van der Waals surface area contributed by atoms with Gasteiger partial charge < -0.3 is 14.5 Å². The summed E-state index contributed by atoms with van der Waals surface area (Å²) in [6.07, 6.45) is 0.0616. The number of hydrogen-bond donors (Lipinski definition) is 0. The van der Waals surface area contributed by atoms with E-state index in [9.17, 15) is 9.59 Å². The minimum absolute atomic E-state index is 0.148. The maximum Gasteiger partial charge on any atom is 0.409 e. The first-order chi connectivity index (χ1) is 15.9. The van der Waals surface area contributed by atoms with Gasteiger partial charge in [0.1, 0.15) is 5.71 Å². The maximum atomic E-state index is 13.3. The van der Waals surface area contributed by atoms with Gasteiger partial charge in [-0.1, -0.05) is 46.9 Å². The lowest BCUT2D eigenvalue weighted by Crippen LogP contribution is -2.52. The third-order valence-corrected chi connectivity index (χ3v) is 6.45. The van der Waals surface area contributed by atoms with Gasteiger partial charge in [0.15, 0.2) is 0 Å². The number of halogens is 3. The Kier molecular flexibility index (Phi) is 7.32. The van der Waals surface area contributed by atoms with Crippen LogP contribution in [0.4, 0.5) is 10.5 Å². The average molecular weight is 510 g/mol. The van der Waals surface area contributed by atoms with Gasteiger partial charge >= 0.3 is 6.09 Å². The lowest BCUT2D eigenvalue weighted by Gasteiger charge is -2.33. The van der Waals surface area contributed by atoms with Gasteiger partial charge in [0.25, 0.3) is 5.91 Å². The predicted molar refractivity (Wildman–Crippen MR) is 130 cm³/mol. The fraction of sp³-hybridized carbons (Fsp3) is 0.348. The molecule has 7 nitrogen and oxygen atoms in total. The quantitative estimate of drug-likeness (QED) is 0.564. The predicted octanol–water partition coefficient (Wildman–Crippen LogP) is 5.25. The Bertz CT molecular complexity index is 1070. The number of hydrazone groups is 1. The highest BCUT2D eigenvalue weighted by atomic mass is 35.5. The van der Waals surface area contributed by atoms with Crippen LogP contribution >= 0.6 is 34.8 Å². The Morgan fingerprint density at radius 1 is 0.970 bits per heavy atom. The van der Waals surface area contributed by atoms with Gasteiger partial charge in [-0.05, 0) is 42.8 Å². The van der Waals surface area contributed by atoms with Crippen molar-refractivity contribution in [2.45, 2.75) is 19.4 Å². The molecule has 2 aromatic carbocycles. The van der Waals surface area contributed by atoms with Gasteiger partial charge in [-0.2, -0.15) is 5.10 Å².